The van der Waals surface area contributed by atoms with Crippen molar-refractivity contribution < 1.29 is 9.59 Å². The number of halogens is 2. The van der Waals surface area contributed by atoms with Crippen molar-refractivity contribution in [3.63, 3.8) is 0 Å². The predicted molar refractivity (Wildman–Crippen MR) is 101 cm³/mol. The first-order valence-corrected chi connectivity index (χ1v) is 9.27. The molecule has 0 spiro atoms. The molecule has 1 N–H and O–H groups in total. The summed E-state index contributed by atoms with van der Waals surface area (Å²) in [5, 5.41) is 2.87. The second kappa shape index (κ2) is 7.07. The van der Waals surface area contributed by atoms with E-state index in [0.717, 1.165) is 20.9 Å². The highest BCUT2D eigenvalue weighted by Crippen LogP contribution is 2.29. The van der Waals surface area contributed by atoms with Gasteiger partial charge in [0.05, 0.1) is 16.8 Å². The molecule has 0 fully saturated rings. The SMILES string of the molecule is CCCN1Cc2cccc(C(=O)Nc3ccc(Br)cc3Br)c2C1=O. The zero-order valence-electron chi connectivity index (χ0n) is 13.1. The van der Waals surface area contributed by atoms with Crippen LogP contribution in [0.15, 0.2) is 45.3 Å². The normalized spacial score (nSPS) is 13.1. The van der Waals surface area contributed by atoms with E-state index in [1.54, 1.807) is 17.0 Å². The average molecular weight is 452 g/mol. The molecule has 1 aliphatic heterocycles. The largest absolute Gasteiger partial charge is 0.334 e. The minimum absolute atomic E-state index is 0.0625. The lowest BCUT2D eigenvalue weighted by Crippen LogP contribution is -2.26. The fourth-order valence-corrected chi connectivity index (χ4v) is 3.99. The molecule has 6 heteroatoms. The minimum Gasteiger partial charge on any atom is -0.334 e. The lowest BCUT2D eigenvalue weighted by Gasteiger charge is -2.14. The van der Waals surface area contributed by atoms with Crippen LogP contribution in [0, 0.1) is 0 Å². The van der Waals surface area contributed by atoms with E-state index in [1.165, 1.54) is 0 Å². The number of benzene rings is 2. The van der Waals surface area contributed by atoms with Crippen LogP contribution < -0.4 is 5.32 Å². The molecule has 4 nitrogen and oxygen atoms in total. The summed E-state index contributed by atoms with van der Waals surface area (Å²) in [4.78, 5) is 27.1. The van der Waals surface area contributed by atoms with Crippen LogP contribution in [-0.2, 0) is 6.54 Å². The molecular weight excluding hydrogens is 436 g/mol. The number of nitrogens with zero attached hydrogens (tertiary/aromatic N) is 1. The Morgan fingerprint density at radius 1 is 1.25 bits per heavy atom. The van der Waals surface area contributed by atoms with Gasteiger partial charge in [0.15, 0.2) is 0 Å². The van der Waals surface area contributed by atoms with Crippen molar-refractivity contribution in [2.45, 2.75) is 19.9 Å². The van der Waals surface area contributed by atoms with Gasteiger partial charge in [-0.05, 0) is 52.2 Å². The molecule has 1 heterocycles. The first-order valence-electron chi connectivity index (χ1n) is 7.68. The number of hydrogen-bond acceptors (Lipinski definition) is 2. The molecule has 124 valence electrons. The molecule has 2 aromatic rings. The van der Waals surface area contributed by atoms with Crippen molar-refractivity contribution in [3.8, 4) is 0 Å². The number of carbonyl (C=O) groups is 2. The molecule has 0 saturated heterocycles. The van der Waals surface area contributed by atoms with Gasteiger partial charge in [0.25, 0.3) is 11.8 Å². The first kappa shape index (κ1) is 17.2. The highest BCUT2D eigenvalue weighted by Gasteiger charge is 2.31. The summed E-state index contributed by atoms with van der Waals surface area (Å²) in [7, 11) is 0. The standard InChI is InChI=1S/C18H16Br2N2O2/c1-2-8-22-10-11-4-3-5-13(16(11)18(22)24)17(23)21-15-7-6-12(19)9-14(15)20/h3-7,9H,2,8,10H2,1H3,(H,21,23). The fourth-order valence-electron chi connectivity index (χ4n) is 2.84. The summed E-state index contributed by atoms with van der Waals surface area (Å²) in [5.74, 6) is -0.339. The lowest BCUT2D eigenvalue weighted by atomic mass is 10.0. The van der Waals surface area contributed by atoms with Gasteiger partial charge in [-0.25, -0.2) is 0 Å². The molecule has 24 heavy (non-hydrogen) atoms. The Hall–Kier alpha value is -1.66. The zero-order valence-corrected chi connectivity index (χ0v) is 16.3. The van der Waals surface area contributed by atoms with Gasteiger partial charge in [0.1, 0.15) is 0 Å². The predicted octanol–water partition coefficient (Wildman–Crippen LogP) is 4.83. The maximum atomic E-state index is 12.7. The summed E-state index contributed by atoms with van der Waals surface area (Å²) in [6.45, 7) is 3.31. The van der Waals surface area contributed by atoms with E-state index in [9.17, 15) is 9.59 Å². The smallest absolute Gasteiger partial charge is 0.256 e. The van der Waals surface area contributed by atoms with E-state index < -0.39 is 0 Å². The maximum Gasteiger partial charge on any atom is 0.256 e. The molecule has 3 rings (SSSR count). The number of carbonyl (C=O) groups excluding carboxylic acids is 2. The van der Waals surface area contributed by atoms with Crippen LogP contribution in [0.1, 0.15) is 39.6 Å². The summed E-state index contributed by atoms with van der Waals surface area (Å²) >= 11 is 6.82. The Labute approximate surface area is 157 Å². The van der Waals surface area contributed by atoms with Crippen molar-refractivity contribution in [1.29, 1.82) is 0 Å². The van der Waals surface area contributed by atoms with Crippen LogP contribution in [0.25, 0.3) is 0 Å². The molecule has 2 aromatic carbocycles. The van der Waals surface area contributed by atoms with E-state index >= 15 is 0 Å². The van der Waals surface area contributed by atoms with Gasteiger partial charge in [0.2, 0.25) is 0 Å². The van der Waals surface area contributed by atoms with Crippen LogP contribution in [0.4, 0.5) is 5.69 Å². The number of nitrogens with one attached hydrogen (secondary N) is 1. The molecule has 0 bridgehead atoms. The van der Waals surface area contributed by atoms with Crippen molar-refractivity contribution in [2.24, 2.45) is 0 Å². The van der Waals surface area contributed by atoms with Gasteiger partial charge in [-0.15, -0.1) is 0 Å². The monoisotopic (exact) mass is 450 g/mol. The van der Waals surface area contributed by atoms with Gasteiger partial charge < -0.3 is 10.2 Å². The summed E-state index contributed by atoms with van der Waals surface area (Å²) in [5.41, 5.74) is 2.52. The summed E-state index contributed by atoms with van der Waals surface area (Å²) < 4.78 is 1.69. The van der Waals surface area contributed by atoms with Gasteiger partial charge in [-0.2, -0.15) is 0 Å². The zero-order chi connectivity index (χ0) is 17.3. The van der Waals surface area contributed by atoms with Crippen LogP contribution in [0.2, 0.25) is 0 Å². The first-order chi connectivity index (χ1) is 11.5. The van der Waals surface area contributed by atoms with Gasteiger partial charge in [-0.1, -0.05) is 35.0 Å². The van der Waals surface area contributed by atoms with Gasteiger partial charge in [0, 0.05) is 22.0 Å². The molecule has 1 aliphatic rings. The van der Waals surface area contributed by atoms with Crippen LogP contribution in [0.3, 0.4) is 0 Å². The molecule has 0 aliphatic carbocycles. The van der Waals surface area contributed by atoms with E-state index in [2.05, 4.69) is 37.2 Å². The van der Waals surface area contributed by atoms with Gasteiger partial charge >= 0.3 is 0 Å². The van der Waals surface area contributed by atoms with Crippen LogP contribution in [0.5, 0.6) is 0 Å². The molecular formula is C18H16Br2N2O2. The third-order valence-electron chi connectivity index (χ3n) is 3.93. The van der Waals surface area contributed by atoms with Gasteiger partial charge in [-0.3, -0.25) is 9.59 Å². The number of amides is 2. The minimum atomic E-state index is -0.276. The molecule has 0 atom stereocenters. The average Bonchev–Trinajstić information content (AvgIpc) is 2.87. The van der Waals surface area contributed by atoms with E-state index in [-0.39, 0.29) is 11.8 Å². The van der Waals surface area contributed by atoms with Crippen molar-refractivity contribution in [1.82, 2.24) is 4.90 Å². The van der Waals surface area contributed by atoms with Crippen molar-refractivity contribution in [2.75, 3.05) is 11.9 Å². The Morgan fingerprint density at radius 3 is 2.75 bits per heavy atom. The van der Waals surface area contributed by atoms with E-state index in [1.807, 2.05) is 31.2 Å². The number of anilines is 1. The number of rotatable bonds is 4. The Kier molecular flexibility index (Phi) is 5.06. The highest BCUT2D eigenvalue weighted by molar-refractivity contribution is 9.11. The lowest BCUT2D eigenvalue weighted by molar-refractivity contribution is 0.0774. The van der Waals surface area contributed by atoms with Crippen LogP contribution >= 0.6 is 31.9 Å². The van der Waals surface area contributed by atoms with Crippen molar-refractivity contribution >= 4 is 49.4 Å². The Morgan fingerprint density at radius 2 is 2.04 bits per heavy atom. The van der Waals surface area contributed by atoms with E-state index in [0.29, 0.717) is 29.9 Å². The Bertz CT molecular complexity index is 821. The second-order valence-electron chi connectivity index (χ2n) is 5.64. The second-order valence-corrected chi connectivity index (χ2v) is 7.41. The van der Waals surface area contributed by atoms with Crippen molar-refractivity contribution in [3.05, 3.63) is 62.0 Å². The molecule has 0 radical (unpaired) electrons. The third kappa shape index (κ3) is 3.26. The summed E-state index contributed by atoms with van der Waals surface area (Å²) in [6, 6.07) is 11.0. The number of hydrogen-bond donors (Lipinski definition) is 1. The maximum absolute atomic E-state index is 12.7. The molecule has 0 saturated carbocycles. The molecule has 0 unspecified atom stereocenters. The highest BCUT2D eigenvalue weighted by atomic mass is 79.9. The molecule has 2 amide bonds. The quantitative estimate of drug-likeness (QED) is 0.723. The topological polar surface area (TPSA) is 49.4 Å². The molecule has 0 aromatic heterocycles. The summed E-state index contributed by atoms with van der Waals surface area (Å²) in [6.07, 6.45) is 0.896. The van der Waals surface area contributed by atoms with Crippen LogP contribution in [-0.4, -0.2) is 23.3 Å². The third-order valence-corrected chi connectivity index (χ3v) is 5.08. The van der Waals surface area contributed by atoms with E-state index in [4.69, 9.17) is 0 Å². The Balaban J connectivity index is 1.90. The number of fused-ring (bicyclic) bond motifs is 1. The fraction of sp³-hybridized carbons (Fsp3) is 0.222.